The molecule has 2 aromatic rings. The molecule has 0 bridgehead atoms. The van der Waals surface area contributed by atoms with Crippen molar-refractivity contribution in [3.8, 4) is 5.75 Å². The highest BCUT2D eigenvalue weighted by atomic mass is 35.5. The Hall–Kier alpha value is -2.17. The van der Waals surface area contributed by atoms with E-state index in [0.29, 0.717) is 17.0 Å². The standard InChI is InChI=1S/C25H29ClF4NO6P/c1-22(2,3)36-38(33,37-23(4,5)6)35-14-31-19-12-15(25(28,29)30)8-10-17(19)24(27,21(31)32)18-13-16(26)9-11-20(18)34-7/h8-13H,14H2,1-7H3. The Morgan fingerprint density at radius 2 is 1.53 bits per heavy atom. The summed E-state index contributed by atoms with van der Waals surface area (Å²) in [7, 11) is -3.17. The lowest BCUT2D eigenvalue weighted by atomic mass is 9.88. The van der Waals surface area contributed by atoms with Crippen molar-refractivity contribution in [2.45, 2.75) is 64.6 Å². The highest BCUT2D eigenvalue weighted by Gasteiger charge is 2.56. The fourth-order valence-electron chi connectivity index (χ4n) is 3.84. The maximum absolute atomic E-state index is 16.9. The molecule has 0 saturated heterocycles. The Labute approximate surface area is 223 Å². The maximum Gasteiger partial charge on any atom is 0.477 e. The molecule has 210 valence electrons. The highest BCUT2D eigenvalue weighted by Crippen LogP contribution is 2.57. The molecule has 0 N–H and O–H groups in total. The molecule has 7 nitrogen and oxygen atoms in total. The fraction of sp³-hybridized carbons (Fsp3) is 0.480. The van der Waals surface area contributed by atoms with Gasteiger partial charge < -0.3 is 4.74 Å². The van der Waals surface area contributed by atoms with Gasteiger partial charge in [-0.15, -0.1) is 0 Å². The zero-order chi connectivity index (χ0) is 28.9. The first kappa shape index (κ1) is 30.4. The van der Waals surface area contributed by atoms with Crippen LogP contribution >= 0.6 is 19.4 Å². The van der Waals surface area contributed by atoms with E-state index in [0.717, 1.165) is 12.1 Å². The quantitative estimate of drug-likeness (QED) is 0.247. The van der Waals surface area contributed by atoms with E-state index in [2.05, 4.69) is 0 Å². The highest BCUT2D eigenvalue weighted by molar-refractivity contribution is 7.48. The van der Waals surface area contributed by atoms with Gasteiger partial charge in [-0.1, -0.05) is 17.7 Å². The van der Waals surface area contributed by atoms with Crippen LogP contribution in [0.4, 0.5) is 23.2 Å². The van der Waals surface area contributed by atoms with E-state index in [4.69, 9.17) is 29.9 Å². The number of ether oxygens (including phenoxy) is 1. The number of carbonyl (C=O) groups excluding carboxylic acids is 1. The van der Waals surface area contributed by atoms with Gasteiger partial charge in [0, 0.05) is 16.1 Å². The fourth-order valence-corrected chi connectivity index (χ4v) is 5.75. The number of halogens is 5. The summed E-state index contributed by atoms with van der Waals surface area (Å²) in [6.45, 7) is 8.55. The summed E-state index contributed by atoms with van der Waals surface area (Å²) >= 11 is 6.06. The molecule has 13 heteroatoms. The number of methoxy groups -OCH3 is 1. The number of fused-ring (bicyclic) bond motifs is 1. The molecule has 1 heterocycles. The zero-order valence-electron chi connectivity index (χ0n) is 21.9. The first-order valence-corrected chi connectivity index (χ1v) is 13.3. The number of alkyl halides is 4. The topological polar surface area (TPSA) is 74.3 Å². The molecule has 1 unspecified atom stereocenters. The zero-order valence-corrected chi connectivity index (χ0v) is 23.6. The monoisotopic (exact) mass is 581 g/mol. The smallest absolute Gasteiger partial charge is 0.477 e. The molecule has 2 aromatic carbocycles. The molecule has 38 heavy (non-hydrogen) atoms. The van der Waals surface area contributed by atoms with Crippen molar-refractivity contribution in [3.05, 3.63) is 58.1 Å². The second kappa shape index (κ2) is 10.1. The lowest BCUT2D eigenvalue weighted by Crippen LogP contribution is -2.39. The number of phosphoric acid groups is 1. The van der Waals surface area contributed by atoms with Crippen molar-refractivity contribution in [2.24, 2.45) is 0 Å². The van der Waals surface area contributed by atoms with Gasteiger partial charge in [0.25, 0.3) is 5.91 Å². The number of rotatable bonds is 7. The maximum atomic E-state index is 16.9. The predicted molar refractivity (Wildman–Crippen MR) is 134 cm³/mol. The van der Waals surface area contributed by atoms with Gasteiger partial charge in [-0.3, -0.25) is 23.3 Å². The summed E-state index contributed by atoms with van der Waals surface area (Å²) in [4.78, 5) is 14.3. The molecule has 0 spiro atoms. The van der Waals surface area contributed by atoms with Crippen molar-refractivity contribution in [1.82, 2.24) is 0 Å². The van der Waals surface area contributed by atoms with Crippen molar-refractivity contribution in [1.29, 1.82) is 0 Å². The van der Waals surface area contributed by atoms with E-state index in [-0.39, 0.29) is 16.3 Å². The Bertz CT molecular complexity index is 1250. The first-order valence-electron chi connectivity index (χ1n) is 11.4. The van der Waals surface area contributed by atoms with Gasteiger partial charge in [0.2, 0.25) is 5.67 Å². The summed E-state index contributed by atoms with van der Waals surface area (Å²) in [5.41, 5.74) is -7.35. The molecule has 0 aromatic heterocycles. The number of anilines is 1. The summed E-state index contributed by atoms with van der Waals surface area (Å²) in [6.07, 6.45) is -4.79. The molecule has 1 aliphatic heterocycles. The third kappa shape index (κ3) is 6.34. The Balaban J connectivity index is 2.15. The molecule has 1 amide bonds. The molecule has 0 fully saturated rings. The van der Waals surface area contributed by atoms with E-state index >= 15 is 4.39 Å². The van der Waals surface area contributed by atoms with Crippen LogP contribution in [0.3, 0.4) is 0 Å². The van der Waals surface area contributed by atoms with Crippen LogP contribution in [0.5, 0.6) is 5.75 Å². The average molecular weight is 582 g/mol. The average Bonchev–Trinajstić information content (AvgIpc) is 2.96. The van der Waals surface area contributed by atoms with Gasteiger partial charge in [0.05, 0.1) is 29.6 Å². The lowest BCUT2D eigenvalue weighted by molar-refractivity contribution is -0.137. The van der Waals surface area contributed by atoms with E-state index in [1.165, 1.54) is 19.2 Å². The van der Waals surface area contributed by atoms with Crippen LogP contribution < -0.4 is 9.64 Å². The van der Waals surface area contributed by atoms with Crippen LogP contribution in [0.25, 0.3) is 0 Å². The van der Waals surface area contributed by atoms with E-state index in [1.807, 2.05) is 0 Å². The van der Waals surface area contributed by atoms with Crippen LogP contribution in [-0.4, -0.2) is 30.9 Å². The lowest BCUT2D eigenvalue weighted by Gasteiger charge is -2.32. The predicted octanol–water partition coefficient (Wildman–Crippen LogP) is 7.64. The normalized spacial score (nSPS) is 18.6. The van der Waals surface area contributed by atoms with Gasteiger partial charge in [0.1, 0.15) is 12.5 Å². The summed E-state index contributed by atoms with van der Waals surface area (Å²) in [5.74, 6) is -1.36. The molecule has 0 aliphatic carbocycles. The number of hydrogen-bond donors (Lipinski definition) is 0. The minimum Gasteiger partial charge on any atom is -0.496 e. The van der Waals surface area contributed by atoms with Crippen molar-refractivity contribution in [3.63, 3.8) is 0 Å². The van der Waals surface area contributed by atoms with E-state index in [1.54, 1.807) is 41.5 Å². The largest absolute Gasteiger partial charge is 0.496 e. The second-order valence-corrected chi connectivity index (χ2v) is 12.5. The number of hydrogen-bond acceptors (Lipinski definition) is 6. The first-order chi connectivity index (χ1) is 17.2. The Kier molecular flexibility index (Phi) is 8.07. The van der Waals surface area contributed by atoms with Gasteiger partial charge in [-0.2, -0.15) is 13.2 Å². The molecule has 0 saturated carbocycles. The van der Waals surface area contributed by atoms with Crippen LogP contribution in [0, 0.1) is 0 Å². The van der Waals surface area contributed by atoms with Gasteiger partial charge >= 0.3 is 14.0 Å². The molecule has 1 aliphatic rings. The van der Waals surface area contributed by atoms with E-state index in [9.17, 15) is 22.5 Å². The van der Waals surface area contributed by atoms with Crippen LogP contribution in [0.15, 0.2) is 36.4 Å². The van der Waals surface area contributed by atoms with Gasteiger partial charge in [0.15, 0.2) is 0 Å². The molecule has 1 atom stereocenters. The van der Waals surface area contributed by atoms with Gasteiger partial charge in [-0.25, -0.2) is 8.96 Å². The number of carbonyl (C=O) groups is 1. The van der Waals surface area contributed by atoms with Crippen LogP contribution in [-0.2, 0) is 34.8 Å². The Morgan fingerprint density at radius 1 is 0.947 bits per heavy atom. The third-order valence-corrected chi connectivity index (χ3v) is 7.39. The van der Waals surface area contributed by atoms with Crippen LogP contribution in [0.2, 0.25) is 5.02 Å². The minimum absolute atomic E-state index is 0.0586. The summed E-state index contributed by atoms with van der Waals surface area (Å²) < 4.78 is 92.8. The van der Waals surface area contributed by atoms with Crippen LogP contribution in [0.1, 0.15) is 58.2 Å². The number of benzene rings is 2. The third-order valence-electron chi connectivity index (χ3n) is 5.18. The number of amides is 1. The SMILES string of the molecule is COc1ccc(Cl)cc1C1(F)C(=O)N(COP(=O)(OC(C)(C)C)OC(C)(C)C)c2cc(C(F)(F)F)ccc21. The van der Waals surface area contributed by atoms with E-state index < -0.39 is 60.3 Å². The Morgan fingerprint density at radius 3 is 2.03 bits per heavy atom. The summed E-state index contributed by atoms with van der Waals surface area (Å²) in [6, 6.07) is 6.05. The molecular formula is C25H29ClF4NO6P. The van der Waals surface area contributed by atoms with Gasteiger partial charge in [-0.05, 0) is 71.9 Å². The van der Waals surface area contributed by atoms with Crippen molar-refractivity contribution < 1.29 is 45.2 Å². The number of phosphoric ester groups is 1. The number of nitrogens with zero attached hydrogens (tertiary/aromatic N) is 1. The van der Waals surface area contributed by atoms with Crippen molar-refractivity contribution in [2.75, 3.05) is 18.7 Å². The second-order valence-electron chi connectivity index (χ2n) is 10.6. The molecular weight excluding hydrogens is 553 g/mol. The summed E-state index contributed by atoms with van der Waals surface area (Å²) in [5, 5.41) is 0.0652. The molecule has 0 radical (unpaired) electrons. The molecule has 3 rings (SSSR count). The minimum atomic E-state index is -4.79. The van der Waals surface area contributed by atoms with Crippen molar-refractivity contribution >= 4 is 31.0 Å².